The van der Waals surface area contributed by atoms with Crippen LogP contribution in [0, 0.1) is 0 Å². The molecule has 1 fully saturated rings. The minimum Gasteiger partial charge on any atom is -0.434 e. The summed E-state index contributed by atoms with van der Waals surface area (Å²) in [7, 11) is 0. The molecule has 0 aromatic heterocycles. The van der Waals surface area contributed by atoms with Crippen LogP contribution in [0.3, 0.4) is 0 Å². The van der Waals surface area contributed by atoms with E-state index in [0.29, 0.717) is 0 Å². The average Bonchev–Trinajstić information content (AvgIpc) is 2.29. The molecule has 1 rings (SSSR count). The zero-order chi connectivity index (χ0) is 12.3. The van der Waals surface area contributed by atoms with Crippen molar-refractivity contribution >= 4 is 5.97 Å². The molecule has 94 valence electrons. The fourth-order valence-corrected chi connectivity index (χ4v) is 1.42. The Morgan fingerprint density at radius 1 is 1.44 bits per heavy atom. The maximum atomic E-state index is 11.0. The van der Waals surface area contributed by atoms with Crippen molar-refractivity contribution < 1.29 is 29.6 Å². The molecule has 16 heavy (non-hydrogen) atoms. The van der Waals surface area contributed by atoms with Gasteiger partial charge in [-0.25, -0.2) is 0 Å². The first-order valence-corrected chi connectivity index (χ1v) is 5.08. The summed E-state index contributed by atoms with van der Waals surface area (Å²) in [6.07, 6.45) is -4.61. The Kier molecular flexibility index (Phi) is 4.63. The molecule has 0 aliphatic carbocycles. The van der Waals surface area contributed by atoms with E-state index in [-0.39, 0.29) is 6.42 Å². The van der Waals surface area contributed by atoms with Gasteiger partial charge in [0.1, 0.15) is 18.3 Å². The van der Waals surface area contributed by atoms with E-state index in [1.54, 1.807) is 6.92 Å². The quantitative estimate of drug-likeness (QED) is 0.406. The van der Waals surface area contributed by atoms with Gasteiger partial charge in [0.25, 0.3) is 0 Å². The van der Waals surface area contributed by atoms with Crippen molar-refractivity contribution in [2.45, 2.75) is 44.0 Å². The number of hydrogen-bond acceptors (Lipinski definition) is 7. The van der Waals surface area contributed by atoms with E-state index in [1.807, 2.05) is 0 Å². The van der Waals surface area contributed by atoms with E-state index in [9.17, 15) is 15.0 Å². The average molecular weight is 235 g/mol. The molecule has 0 amide bonds. The molecule has 0 aromatic rings. The minimum atomic E-state index is -1.31. The van der Waals surface area contributed by atoms with Gasteiger partial charge in [0.2, 0.25) is 6.29 Å². The van der Waals surface area contributed by atoms with E-state index >= 15 is 0 Å². The Morgan fingerprint density at radius 3 is 2.56 bits per heavy atom. The van der Waals surface area contributed by atoms with Crippen molar-refractivity contribution in [3.8, 4) is 0 Å². The molecule has 1 unspecified atom stereocenters. The lowest BCUT2D eigenvalue weighted by atomic mass is 9.98. The summed E-state index contributed by atoms with van der Waals surface area (Å²) in [5.74, 6) is -0.527. The molecular weight excluding hydrogens is 218 g/mol. The monoisotopic (exact) mass is 235 g/mol. The fourth-order valence-electron chi connectivity index (χ4n) is 1.42. The lowest BCUT2D eigenvalue weighted by molar-refractivity contribution is -0.259. The van der Waals surface area contributed by atoms with Gasteiger partial charge in [0, 0.05) is 6.42 Å². The third kappa shape index (κ3) is 2.69. The van der Waals surface area contributed by atoms with Crippen LogP contribution >= 0.6 is 0 Å². The van der Waals surface area contributed by atoms with Crippen molar-refractivity contribution in [1.82, 2.24) is 0 Å². The highest BCUT2D eigenvalue weighted by atomic mass is 16.7. The largest absolute Gasteiger partial charge is 0.434 e. The molecular formula is C9H17NO6. The molecule has 5 N–H and O–H groups in total. The molecule has 5 atom stereocenters. The first-order valence-electron chi connectivity index (χ1n) is 5.08. The summed E-state index contributed by atoms with van der Waals surface area (Å²) >= 11 is 0. The number of esters is 1. The van der Waals surface area contributed by atoms with E-state index < -0.39 is 43.2 Å². The van der Waals surface area contributed by atoms with Gasteiger partial charge in [-0.1, -0.05) is 6.92 Å². The van der Waals surface area contributed by atoms with Crippen LogP contribution < -0.4 is 5.73 Å². The lowest BCUT2D eigenvalue weighted by Gasteiger charge is -2.39. The van der Waals surface area contributed by atoms with Crippen LogP contribution in [0.4, 0.5) is 0 Å². The number of nitrogens with two attached hydrogens (primary N) is 1. The highest BCUT2D eigenvalue weighted by Crippen LogP contribution is 2.20. The molecule has 0 saturated carbocycles. The minimum absolute atomic E-state index is 0.148. The van der Waals surface area contributed by atoms with Crippen LogP contribution in [0.15, 0.2) is 0 Å². The molecule has 0 bridgehead atoms. The molecule has 1 saturated heterocycles. The summed E-state index contributed by atoms with van der Waals surface area (Å²) in [6.45, 7) is 1.11. The number of carbonyl (C=O) groups is 1. The summed E-state index contributed by atoms with van der Waals surface area (Å²) in [5.41, 5.74) is 5.54. The van der Waals surface area contributed by atoms with Gasteiger partial charge in [-0.05, 0) is 0 Å². The number of aliphatic hydroxyl groups is 3. The Labute approximate surface area is 92.8 Å². The van der Waals surface area contributed by atoms with Crippen LogP contribution in [0.1, 0.15) is 13.3 Å². The number of rotatable bonds is 3. The van der Waals surface area contributed by atoms with Crippen LogP contribution in [0.5, 0.6) is 0 Å². The zero-order valence-electron chi connectivity index (χ0n) is 8.94. The summed E-state index contributed by atoms with van der Waals surface area (Å²) in [4.78, 5) is 11.0. The molecule has 7 heteroatoms. The highest BCUT2D eigenvalue weighted by molar-refractivity contribution is 5.69. The molecule has 0 spiro atoms. The lowest BCUT2D eigenvalue weighted by Crippen LogP contribution is -2.62. The standard InChI is InChI=1S/C9H17NO6/c1-2-5(12)16-9-6(10)8(14)7(13)4(3-11)15-9/h4,6-9,11,13-14H,2-3,10H2,1H3/t4-,6-,7-,8-,9?/m1/s1. The predicted molar refractivity (Wildman–Crippen MR) is 52.1 cm³/mol. The van der Waals surface area contributed by atoms with Gasteiger partial charge < -0.3 is 30.5 Å². The van der Waals surface area contributed by atoms with E-state index in [2.05, 4.69) is 0 Å². The van der Waals surface area contributed by atoms with Crippen LogP contribution in [0.25, 0.3) is 0 Å². The number of carbonyl (C=O) groups excluding carboxylic acids is 1. The SMILES string of the molecule is CCC(=O)OC1O[C@H](CO)[C@@H](O)[C@H](O)[C@H]1N. The molecule has 1 heterocycles. The normalized spacial score (nSPS) is 39.4. The van der Waals surface area contributed by atoms with E-state index in [4.69, 9.17) is 20.3 Å². The second-order valence-corrected chi connectivity index (χ2v) is 3.63. The third-order valence-electron chi connectivity index (χ3n) is 2.46. The highest BCUT2D eigenvalue weighted by Gasteiger charge is 2.44. The van der Waals surface area contributed by atoms with E-state index in [0.717, 1.165) is 0 Å². The second-order valence-electron chi connectivity index (χ2n) is 3.63. The molecule has 0 aromatic carbocycles. The Bertz CT molecular complexity index is 246. The summed E-state index contributed by atoms with van der Waals surface area (Å²) in [5, 5.41) is 27.9. The Balaban J connectivity index is 2.67. The molecule has 0 radical (unpaired) electrons. The van der Waals surface area contributed by atoms with Crippen LogP contribution in [-0.4, -0.2) is 58.5 Å². The van der Waals surface area contributed by atoms with Crippen molar-refractivity contribution in [3.05, 3.63) is 0 Å². The maximum absolute atomic E-state index is 11.0. The molecule has 1 aliphatic rings. The van der Waals surface area contributed by atoms with Gasteiger partial charge in [-0.3, -0.25) is 4.79 Å². The van der Waals surface area contributed by atoms with Gasteiger partial charge in [0.15, 0.2) is 0 Å². The zero-order valence-corrected chi connectivity index (χ0v) is 8.94. The van der Waals surface area contributed by atoms with Gasteiger partial charge >= 0.3 is 5.97 Å². The van der Waals surface area contributed by atoms with Crippen molar-refractivity contribution in [2.24, 2.45) is 5.73 Å². The molecule has 1 aliphatic heterocycles. The Hall–Kier alpha value is -0.730. The maximum Gasteiger partial charge on any atom is 0.307 e. The Morgan fingerprint density at radius 2 is 2.06 bits per heavy atom. The fraction of sp³-hybridized carbons (Fsp3) is 0.889. The topological polar surface area (TPSA) is 122 Å². The predicted octanol–water partition coefficient (Wildman–Crippen LogP) is -2.29. The van der Waals surface area contributed by atoms with Crippen LogP contribution in [-0.2, 0) is 14.3 Å². The van der Waals surface area contributed by atoms with Crippen molar-refractivity contribution in [3.63, 3.8) is 0 Å². The van der Waals surface area contributed by atoms with E-state index in [1.165, 1.54) is 0 Å². The summed E-state index contributed by atoms with van der Waals surface area (Å²) < 4.78 is 9.91. The first kappa shape index (κ1) is 13.3. The van der Waals surface area contributed by atoms with Gasteiger partial charge in [0.05, 0.1) is 12.6 Å². The smallest absolute Gasteiger partial charge is 0.307 e. The van der Waals surface area contributed by atoms with Crippen molar-refractivity contribution in [1.29, 1.82) is 0 Å². The molecule has 7 nitrogen and oxygen atoms in total. The summed E-state index contributed by atoms with van der Waals surface area (Å²) in [6, 6.07) is -1.03. The van der Waals surface area contributed by atoms with Gasteiger partial charge in [-0.15, -0.1) is 0 Å². The number of ether oxygens (including phenoxy) is 2. The second kappa shape index (κ2) is 5.55. The van der Waals surface area contributed by atoms with Gasteiger partial charge in [-0.2, -0.15) is 0 Å². The third-order valence-corrected chi connectivity index (χ3v) is 2.46. The first-order chi connectivity index (χ1) is 7.51. The van der Waals surface area contributed by atoms with Crippen molar-refractivity contribution in [2.75, 3.05) is 6.61 Å². The number of hydrogen-bond donors (Lipinski definition) is 4. The van der Waals surface area contributed by atoms with Crippen LogP contribution in [0.2, 0.25) is 0 Å². The number of aliphatic hydroxyl groups excluding tert-OH is 3.